The first kappa shape index (κ1) is 11.2. The maximum Gasteiger partial charge on any atom is 0.163 e. The summed E-state index contributed by atoms with van der Waals surface area (Å²) in [6.07, 6.45) is 3.34. The lowest BCUT2D eigenvalue weighted by Gasteiger charge is -2.14. The Morgan fingerprint density at radius 1 is 1.31 bits per heavy atom. The molecule has 0 spiro atoms. The third kappa shape index (κ3) is 2.46. The maximum atomic E-state index is 11.7. The van der Waals surface area contributed by atoms with Crippen LogP contribution in [-0.2, 0) is 6.42 Å². The highest BCUT2D eigenvalue weighted by atomic mass is 35.5. The van der Waals surface area contributed by atoms with E-state index in [1.807, 2.05) is 18.2 Å². The van der Waals surface area contributed by atoms with Gasteiger partial charge in [-0.2, -0.15) is 0 Å². The van der Waals surface area contributed by atoms with E-state index in [4.69, 9.17) is 11.6 Å². The van der Waals surface area contributed by atoms with E-state index in [1.54, 1.807) is 0 Å². The largest absolute Gasteiger partial charge is 0.294 e. The number of carbonyl (C=O) groups excluding carboxylic acids is 1. The van der Waals surface area contributed by atoms with Crippen molar-refractivity contribution in [3.05, 3.63) is 34.9 Å². The topological polar surface area (TPSA) is 17.1 Å². The summed E-state index contributed by atoms with van der Waals surface area (Å²) in [5.41, 5.74) is 2.95. The normalized spacial score (nSPS) is 13.9. The van der Waals surface area contributed by atoms with Crippen LogP contribution in [0.1, 0.15) is 40.7 Å². The Hall–Kier alpha value is -1.26. The first-order valence-electron chi connectivity index (χ1n) is 5.52. The average Bonchev–Trinajstić information content (AvgIpc) is 2.30. The van der Waals surface area contributed by atoms with Crippen molar-refractivity contribution in [2.45, 2.75) is 25.7 Å². The number of carbonyl (C=O) groups is 1. The number of ketones is 1. The summed E-state index contributed by atoms with van der Waals surface area (Å²) in [4.78, 5) is 11.7. The van der Waals surface area contributed by atoms with Gasteiger partial charge in [0.2, 0.25) is 0 Å². The highest BCUT2D eigenvalue weighted by Gasteiger charge is 2.16. The van der Waals surface area contributed by atoms with Gasteiger partial charge in [-0.05, 0) is 30.5 Å². The molecule has 0 radical (unpaired) electrons. The van der Waals surface area contributed by atoms with E-state index >= 15 is 0 Å². The molecular weight excluding hydrogens is 220 g/mol. The number of Topliss-reactive ketones (excluding diaryl/α,β-unsaturated/α-hetero) is 1. The molecule has 16 heavy (non-hydrogen) atoms. The quantitative estimate of drug-likeness (QED) is 0.537. The minimum Gasteiger partial charge on any atom is -0.294 e. The molecule has 0 N–H and O–H groups in total. The van der Waals surface area contributed by atoms with Crippen molar-refractivity contribution in [3.8, 4) is 11.8 Å². The number of rotatable bonds is 1. The molecule has 0 heterocycles. The zero-order chi connectivity index (χ0) is 11.4. The fraction of sp³-hybridized carbons (Fsp3) is 0.357. The molecule has 2 rings (SSSR count). The van der Waals surface area contributed by atoms with Crippen LogP contribution in [-0.4, -0.2) is 11.7 Å². The Labute approximate surface area is 101 Å². The fourth-order valence-corrected chi connectivity index (χ4v) is 2.01. The van der Waals surface area contributed by atoms with Gasteiger partial charge in [0.15, 0.2) is 5.78 Å². The van der Waals surface area contributed by atoms with Crippen LogP contribution in [0.25, 0.3) is 0 Å². The standard InChI is InChI=1S/C14H13ClO/c15-9-2-1-4-11-7-8-12-5-3-6-14(16)13(12)10-11/h7-8,10H,2-3,5-6,9H2. The Kier molecular flexibility index (Phi) is 3.64. The van der Waals surface area contributed by atoms with Gasteiger partial charge in [0.05, 0.1) is 0 Å². The van der Waals surface area contributed by atoms with Gasteiger partial charge in [-0.3, -0.25) is 4.79 Å². The van der Waals surface area contributed by atoms with Gasteiger partial charge in [0.1, 0.15) is 0 Å². The molecule has 0 aromatic heterocycles. The van der Waals surface area contributed by atoms with Crippen LogP contribution in [0, 0.1) is 11.8 Å². The smallest absolute Gasteiger partial charge is 0.163 e. The number of fused-ring (bicyclic) bond motifs is 1. The van der Waals surface area contributed by atoms with E-state index in [9.17, 15) is 4.79 Å². The van der Waals surface area contributed by atoms with Crippen LogP contribution in [0.2, 0.25) is 0 Å². The highest BCUT2D eigenvalue weighted by molar-refractivity contribution is 6.18. The Morgan fingerprint density at radius 3 is 3.00 bits per heavy atom. The minimum atomic E-state index is 0.252. The van der Waals surface area contributed by atoms with E-state index in [-0.39, 0.29) is 5.78 Å². The van der Waals surface area contributed by atoms with E-state index in [1.165, 1.54) is 5.56 Å². The second-order valence-electron chi connectivity index (χ2n) is 3.89. The summed E-state index contributed by atoms with van der Waals surface area (Å²) in [6.45, 7) is 0. The van der Waals surface area contributed by atoms with Crippen LogP contribution in [0.4, 0.5) is 0 Å². The maximum absolute atomic E-state index is 11.7. The lowest BCUT2D eigenvalue weighted by molar-refractivity contribution is 0.0972. The van der Waals surface area contributed by atoms with Gasteiger partial charge in [-0.1, -0.05) is 17.9 Å². The molecule has 0 saturated heterocycles. The van der Waals surface area contributed by atoms with Crippen molar-refractivity contribution < 1.29 is 4.79 Å². The number of halogens is 1. The first-order valence-corrected chi connectivity index (χ1v) is 6.05. The SMILES string of the molecule is O=C1CCCc2ccc(C#CCCCl)cc21. The monoisotopic (exact) mass is 232 g/mol. The zero-order valence-electron chi connectivity index (χ0n) is 9.05. The van der Waals surface area contributed by atoms with E-state index in [0.717, 1.165) is 24.0 Å². The molecule has 1 aliphatic rings. The predicted octanol–water partition coefficient (Wildman–Crippen LogP) is 3.19. The van der Waals surface area contributed by atoms with Crippen molar-refractivity contribution in [1.29, 1.82) is 0 Å². The van der Waals surface area contributed by atoms with Crippen molar-refractivity contribution in [2.75, 3.05) is 5.88 Å². The van der Waals surface area contributed by atoms with Crippen LogP contribution >= 0.6 is 11.6 Å². The molecule has 0 fully saturated rings. The lowest BCUT2D eigenvalue weighted by atomic mass is 9.89. The highest BCUT2D eigenvalue weighted by Crippen LogP contribution is 2.21. The van der Waals surface area contributed by atoms with Gasteiger partial charge < -0.3 is 0 Å². The van der Waals surface area contributed by atoms with Gasteiger partial charge in [-0.25, -0.2) is 0 Å². The fourth-order valence-electron chi connectivity index (χ4n) is 1.92. The number of aryl methyl sites for hydroxylation is 1. The average molecular weight is 233 g/mol. The number of hydrogen-bond acceptors (Lipinski definition) is 1. The molecule has 0 saturated carbocycles. The molecule has 1 aliphatic carbocycles. The summed E-state index contributed by atoms with van der Waals surface area (Å²) in [5.74, 6) is 6.81. The van der Waals surface area contributed by atoms with Gasteiger partial charge >= 0.3 is 0 Å². The molecule has 0 aliphatic heterocycles. The lowest BCUT2D eigenvalue weighted by Crippen LogP contribution is -2.10. The van der Waals surface area contributed by atoms with Gasteiger partial charge in [0, 0.05) is 29.8 Å². The van der Waals surface area contributed by atoms with E-state index in [2.05, 4.69) is 11.8 Å². The summed E-state index contributed by atoms with van der Waals surface area (Å²) in [5, 5.41) is 0. The van der Waals surface area contributed by atoms with Crippen LogP contribution in [0.5, 0.6) is 0 Å². The molecule has 82 valence electrons. The van der Waals surface area contributed by atoms with Gasteiger partial charge in [0.25, 0.3) is 0 Å². The Balaban J connectivity index is 2.28. The van der Waals surface area contributed by atoms with Crippen LogP contribution in [0.15, 0.2) is 18.2 Å². The molecule has 0 unspecified atom stereocenters. The molecule has 0 amide bonds. The molecular formula is C14H13ClO. The predicted molar refractivity (Wildman–Crippen MR) is 65.9 cm³/mol. The summed E-state index contributed by atoms with van der Waals surface area (Å²) >= 11 is 5.55. The van der Waals surface area contributed by atoms with Crippen molar-refractivity contribution >= 4 is 17.4 Å². The molecule has 1 aromatic rings. The minimum absolute atomic E-state index is 0.252. The summed E-state index contributed by atoms with van der Waals surface area (Å²) in [6, 6.07) is 5.92. The Bertz CT molecular complexity index is 465. The van der Waals surface area contributed by atoms with Gasteiger partial charge in [-0.15, -0.1) is 11.6 Å². The van der Waals surface area contributed by atoms with Crippen molar-refractivity contribution in [1.82, 2.24) is 0 Å². The van der Waals surface area contributed by atoms with Crippen molar-refractivity contribution in [3.63, 3.8) is 0 Å². The number of benzene rings is 1. The van der Waals surface area contributed by atoms with Crippen LogP contribution < -0.4 is 0 Å². The van der Waals surface area contributed by atoms with E-state index < -0.39 is 0 Å². The van der Waals surface area contributed by atoms with Crippen LogP contribution in [0.3, 0.4) is 0 Å². The molecule has 1 aromatic carbocycles. The number of alkyl halides is 1. The molecule has 0 bridgehead atoms. The Morgan fingerprint density at radius 2 is 2.19 bits per heavy atom. The zero-order valence-corrected chi connectivity index (χ0v) is 9.81. The molecule has 0 atom stereocenters. The third-order valence-corrected chi connectivity index (χ3v) is 2.90. The second kappa shape index (κ2) is 5.18. The molecule has 1 nitrogen and oxygen atoms in total. The second-order valence-corrected chi connectivity index (χ2v) is 4.27. The number of hydrogen-bond donors (Lipinski definition) is 0. The first-order chi connectivity index (χ1) is 7.81. The summed E-state index contributed by atoms with van der Waals surface area (Å²) in [7, 11) is 0. The third-order valence-electron chi connectivity index (χ3n) is 2.71. The van der Waals surface area contributed by atoms with Crippen molar-refractivity contribution in [2.24, 2.45) is 0 Å². The molecule has 2 heteroatoms. The summed E-state index contributed by atoms with van der Waals surface area (Å²) < 4.78 is 0. The van der Waals surface area contributed by atoms with E-state index in [0.29, 0.717) is 18.7 Å².